The second-order valence-electron chi connectivity index (χ2n) is 3.85. The number of fused-ring (bicyclic) bond motifs is 5. The molecular formula is C10H12Co. The van der Waals surface area contributed by atoms with E-state index in [9.17, 15) is 0 Å². The largest absolute Gasteiger partial charge is 0.0879 e. The molecule has 0 N–H and O–H groups in total. The summed E-state index contributed by atoms with van der Waals surface area (Å²) in [5.41, 5.74) is 0. The van der Waals surface area contributed by atoms with E-state index in [4.69, 9.17) is 0 Å². The van der Waals surface area contributed by atoms with E-state index < -0.39 is 0 Å². The predicted molar refractivity (Wildman–Crippen MR) is 41.5 cm³/mol. The molecular weight excluding hydrogens is 179 g/mol. The third-order valence-corrected chi connectivity index (χ3v) is 3.46. The summed E-state index contributed by atoms with van der Waals surface area (Å²) >= 11 is 0. The first-order valence-corrected chi connectivity index (χ1v) is 4.30. The molecule has 3 aliphatic rings. The van der Waals surface area contributed by atoms with Crippen LogP contribution in [0.2, 0.25) is 0 Å². The maximum absolute atomic E-state index is 2.44. The topological polar surface area (TPSA) is 0 Å². The second-order valence-corrected chi connectivity index (χ2v) is 3.85. The minimum atomic E-state index is 0. The molecule has 1 heteroatoms. The molecule has 0 heterocycles. The molecule has 0 aromatic carbocycles. The van der Waals surface area contributed by atoms with Crippen LogP contribution in [0.25, 0.3) is 0 Å². The van der Waals surface area contributed by atoms with Crippen LogP contribution in [0.4, 0.5) is 0 Å². The maximum atomic E-state index is 2.44. The normalized spacial score (nSPS) is 49.5. The van der Waals surface area contributed by atoms with Crippen LogP contribution in [0.5, 0.6) is 0 Å². The Morgan fingerprint density at radius 2 is 1.82 bits per heavy atom. The molecule has 1 saturated carbocycles. The molecule has 1 fully saturated rings. The van der Waals surface area contributed by atoms with E-state index in [1.807, 2.05) is 0 Å². The monoisotopic (exact) mass is 191 g/mol. The Labute approximate surface area is 77.9 Å². The van der Waals surface area contributed by atoms with E-state index in [-0.39, 0.29) is 16.8 Å². The quantitative estimate of drug-likeness (QED) is 0.515. The van der Waals surface area contributed by atoms with Crippen LogP contribution < -0.4 is 0 Å². The summed E-state index contributed by atoms with van der Waals surface area (Å²) in [5, 5.41) is 0. The van der Waals surface area contributed by atoms with Crippen LogP contribution >= 0.6 is 0 Å². The van der Waals surface area contributed by atoms with Crippen molar-refractivity contribution in [2.24, 2.45) is 23.7 Å². The Morgan fingerprint density at radius 3 is 2.64 bits per heavy atom. The Kier molecular flexibility index (Phi) is 1.73. The molecule has 3 aliphatic carbocycles. The van der Waals surface area contributed by atoms with E-state index in [2.05, 4.69) is 24.3 Å². The Morgan fingerprint density at radius 1 is 1.00 bits per heavy atom. The van der Waals surface area contributed by atoms with E-state index in [1.165, 1.54) is 12.8 Å². The number of hydrogen-bond donors (Lipinski definition) is 0. The van der Waals surface area contributed by atoms with Gasteiger partial charge in [0.25, 0.3) is 0 Å². The van der Waals surface area contributed by atoms with Crippen molar-refractivity contribution >= 4 is 0 Å². The van der Waals surface area contributed by atoms with Crippen molar-refractivity contribution in [3.63, 3.8) is 0 Å². The Balaban J connectivity index is 0.000000480. The average Bonchev–Trinajstić information content (AvgIpc) is 2.60. The van der Waals surface area contributed by atoms with Crippen LogP contribution in [0.1, 0.15) is 12.8 Å². The molecule has 2 bridgehead atoms. The zero-order chi connectivity index (χ0) is 6.55. The molecule has 0 spiro atoms. The molecule has 4 unspecified atom stereocenters. The minimum absolute atomic E-state index is 0. The van der Waals surface area contributed by atoms with Crippen molar-refractivity contribution in [2.75, 3.05) is 0 Å². The van der Waals surface area contributed by atoms with E-state index in [0.717, 1.165) is 23.7 Å². The van der Waals surface area contributed by atoms with Crippen LogP contribution in [-0.4, -0.2) is 0 Å². The summed E-state index contributed by atoms with van der Waals surface area (Å²) < 4.78 is 0. The Hall–Kier alpha value is -0.0135. The molecule has 0 nitrogen and oxygen atoms in total. The van der Waals surface area contributed by atoms with Crippen molar-refractivity contribution in [2.45, 2.75) is 12.8 Å². The molecule has 4 atom stereocenters. The van der Waals surface area contributed by atoms with Crippen LogP contribution in [-0.2, 0) is 16.8 Å². The summed E-state index contributed by atoms with van der Waals surface area (Å²) in [5.74, 6) is 3.82. The Bertz CT molecular complexity index is 217. The summed E-state index contributed by atoms with van der Waals surface area (Å²) in [6.07, 6.45) is 12.5. The number of hydrogen-bond acceptors (Lipinski definition) is 0. The van der Waals surface area contributed by atoms with Gasteiger partial charge < -0.3 is 0 Å². The summed E-state index contributed by atoms with van der Waals surface area (Å²) in [7, 11) is 0. The summed E-state index contributed by atoms with van der Waals surface area (Å²) in [6, 6.07) is 0. The molecule has 0 aromatic rings. The van der Waals surface area contributed by atoms with Gasteiger partial charge in [0, 0.05) is 16.8 Å². The van der Waals surface area contributed by atoms with Crippen molar-refractivity contribution in [1.29, 1.82) is 0 Å². The molecule has 61 valence electrons. The van der Waals surface area contributed by atoms with E-state index in [1.54, 1.807) is 0 Å². The van der Waals surface area contributed by atoms with Gasteiger partial charge >= 0.3 is 0 Å². The standard InChI is InChI=1S/C10H12.Co/c1-2-9-7-4-5-8(6-7)10(9)3-1;/h1-2,4-5,7-10H,3,6H2;. The zero-order valence-electron chi connectivity index (χ0n) is 6.37. The van der Waals surface area contributed by atoms with Gasteiger partial charge in [0.15, 0.2) is 0 Å². The minimum Gasteiger partial charge on any atom is -0.0879 e. The molecule has 0 aliphatic heterocycles. The van der Waals surface area contributed by atoms with Gasteiger partial charge in [0.05, 0.1) is 0 Å². The van der Waals surface area contributed by atoms with Gasteiger partial charge in [-0.1, -0.05) is 24.3 Å². The van der Waals surface area contributed by atoms with Gasteiger partial charge in [-0.05, 0) is 36.5 Å². The molecule has 1 radical (unpaired) electrons. The van der Waals surface area contributed by atoms with Gasteiger partial charge in [-0.2, -0.15) is 0 Å². The van der Waals surface area contributed by atoms with Gasteiger partial charge in [-0.15, -0.1) is 0 Å². The smallest absolute Gasteiger partial charge is 0 e. The summed E-state index contributed by atoms with van der Waals surface area (Å²) in [6.45, 7) is 0. The van der Waals surface area contributed by atoms with Crippen LogP contribution in [0, 0.1) is 23.7 Å². The first-order valence-electron chi connectivity index (χ1n) is 4.30. The predicted octanol–water partition coefficient (Wildman–Crippen LogP) is 2.38. The number of allylic oxidation sites excluding steroid dienone is 4. The third kappa shape index (κ3) is 0.875. The molecule has 0 amide bonds. The summed E-state index contributed by atoms with van der Waals surface area (Å²) in [4.78, 5) is 0. The number of rotatable bonds is 0. The van der Waals surface area contributed by atoms with Gasteiger partial charge in [-0.25, -0.2) is 0 Å². The molecule has 3 rings (SSSR count). The van der Waals surface area contributed by atoms with Crippen molar-refractivity contribution in [1.82, 2.24) is 0 Å². The fraction of sp³-hybridized carbons (Fsp3) is 0.600. The SMILES string of the molecule is C1=CC2C3C=CC(C3)C2C1.[Co]. The second kappa shape index (κ2) is 2.49. The maximum Gasteiger partial charge on any atom is 0 e. The molecule has 11 heavy (non-hydrogen) atoms. The third-order valence-electron chi connectivity index (χ3n) is 3.46. The molecule has 0 aromatic heterocycles. The van der Waals surface area contributed by atoms with Gasteiger partial charge in [-0.3, -0.25) is 0 Å². The zero-order valence-corrected chi connectivity index (χ0v) is 7.41. The molecule has 0 saturated heterocycles. The van der Waals surface area contributed by atoms with Gasteiger partial charge in [0.1, 0.15) is 0 Å². The fourth-order valence-electron chi connectivity index (χ4n) is 2.97. The first-order chi connectivity index (χ1) is 4.95. The fourth-order valence-corrected chi connectivity index (χ4v) is 2.97. The van der Waals surface area contributed by atoms with E-state index in [0.29, 0.717) is 0 Å². The van der Waals surface area contributed by atoms with Crippen molar-refractivity contribution in [3.8, 4) is 0 Å². The van der Waals surface area contributed by atoms with E-state index >= 15 is 0 Å². The van der Waals surface area contributed by atoms with Crippen molar-refractivity contribution < 1.29 is 16.8 Å². The average molecular weight is 191 g/mol. The van der Waals surface area contributed by atoms with Crippen LogP contribution in [0.3, 0.4) is 0 Å². The van der Waals surface area contributed by atoms with Gasteiger partial charge in [0.2, 0.25) is 0 Å². The van der Waals surface area contributed by atoms with Crippen LogP contribution in [0.15, 0.2) is 24.3 Å². The van der Waals surface area contributed by atoms with Crippen molar-refractivity contribution in [3.05, 3.63) is 24.3 Å². The first kappa shape index (κ1) is 7.63.